The second-order valence-corrected chi connectivity index (χ2v) is 7.56. The van der Waals surface area contributed by atoms with Crippen LogP contribution in [-0.4, -0.2) is 14.2 Å². The van der Waals surface area contributed by atoms with Gasteiger partial charge >= 0.3 is 10.1 Å². The van der Waals surface area contributed by atoms with Gasteiger partial charge in [0.15, 0.2) is 5.78 Å². The number of carbonyl (C=O) groups excluding carboxylic acids is 1. The van der Waals surface area contributed by atoms with E-state index in [4.69, 9.17) is 4.18 Å². The Morgan fingerprint density at radius 1 is 0.846 bits per heavy atom. The maximum Gasteiger partial charge on any atom is 0.313 e. The molecule has 5 heteroatoms. The normalized spacial score (nSPS) is 11.1. The van der Waals surface area contributed by atoms with E-state index in [-0.39, 0.29) is 17.3 Å². The van der Waals surface area contributed by atoms with Gasteiger partial charge in [0.25, 0.3) is 0 Å². The molecular formula is C21H18O4S. The van der Waals surface area contributed by atoms with Crippen LogP contribution in [0.25, 0.3) is 0 Å². The molecule has 4 nitrogen and oxygen atoms in total. The Bertz CT molecular complexity index is 1010. The smallest absolute Gasteiger partial charge is 0.313 e. The van der Waals surface area contributed by atoms with Gasteiger partial charge in [-0.15, -0.1) is 0 Å². The number of carbonyl (C=O) groups is 1. The van der Waals surface area contributed by atoms with E-state index in [0.717, 1.165) is 5.56 Å². The molecule has 132 valence electrons. The molecular weight excluding hydrogens is 348 g/mol. The zero-order chi connectivity index (χ0) is 18.6. The predicted octanol–water partition coefficient (Wildman–Crippen LogP) is 4.13. The molecule has 26 heavy (non-hydrogen) atoms. The van der Waals surface area contributed by atoms with Gasteiger partial charge in [0.1, 0.15) is 11.5 Å². The Labute approximate surface area is 153 Å². The third kappa shape index (κ3) is 4.58. The predicted molar refractivity (Wildman–Crippen MR) is 101 cm³/mol. The van der Waals surface area contributed by atoms with Gasteiger partial charge in [-0.25, -0.2) is 0 Å². The first-order valence-electron chi connectivity index (χ1n) is 8.10. The van der Waals surface area contributed by atoms with Crippen molar-refractivity contribution in [2.24, 2.45) is 0 Å². The van der Waals surface area contributed by atoms with Crippen LogP contribution in [0, 0.1) is 6.92 Å². The Morgan fingerprint density at radius 3 is 2.15 bits per heavy atom. The van der Waals surface area contributed by atoms with Crippen LogP contribution in [0.2, 0.25) is 0 Å². The fraction of sp³-hybridized carbons (Fsp3) is 0.0952. The summed E-state index contributed by atoms with van der Waals surface area (Å²) in [5, 5.41) is 0. The van der Waals surface area contributed by atoms with Crippen molar-refractivity contribution in [2.45, 2.75) is 12.7 Å². The van der Waals surface area contributed by atoms with Crippen LogP contribution in [0.1, 0.15) is 27.0 Å². The van der Waals surface area contributed by atoms with Crippen molar-refractivity contribution in [1.29, 1.82) is 0 Å². The van der Waals surface area contributed by atoms with Crippen molar-refractivity contribution >= 4 is 15.9 Å². The summed E-state index contributed by atoms with van der Waals surface area (Å²) in [5.41, 5.74) is 2.70. The van der Waals surface area contributed by atoms with Gasteiger partial charge < -0.3 is 4.18 Å². The molecule has 0 aromatic heterocycles. The van der Waals surface area contributed by atoms with Crippen molar-refractivity contribution in [2.75, 3.05) is 0 Å². The summed E-state index contributed by atoms with van der Waals surface area (Å²) < 4.78 is 29.6. The van der Waals surface area contributed by atoms with Gasteiger partial charge in [-0.1, -0.05) is 60.2 Å². The number of hydrogen-bond acceptors (Lipinski definition) is 4. The van der Waals surface area contributed by atoms with Gasteiger partial charge in [0.05, 0.1) is 0 Å². The third-order valence-corrected chi connectivity index (χ3v) is 4.93. The third-order valence-electron chi connectivity index (χ3n) is 3.80. The minimum atomic E-state index is -3.77. The highest BCUT2D eigenvalue weighted by Crippen LogP contribution is 2.19. The molecule has 0 aliphatic rings. The Balaban J connectivity index is 1.71. The molecule has 0 fully saturated rings. The molecule has 0 spiro atoms. The van der Waals surface area contributed by atoms with E-state index in [2.05, 4.69) is 0 Å². The molecule has 0 N–H and O–H groups in total. The number of hydrogen-bond donors (Lipinski definition) is 0. The molecule has 3 aromatic carbocycles. The monoisotopic (exact) mass is 366 g/mol. The quantitative estimate of drug-likeness (QED) is 0.486. The summed E-state index contributed by atoms with van der Waals surface area (Å²) in [6.07, 6.45) is 0. The van der Waals surface area contributed by atoms with E-state index in [9.17, 15) is 13.2 Å². The molecule has 0 amide bonds. The van der Waals surface area contributed by atoms with Crippen molar-refractivity contribution < 1.29 is 17.4 Å². The van der Waals surface area contributed by atoms with Crippen LogP contribution in [0.3, 0.4) is 0 Å². The van der Waals surface area contributed by atoms with E-state index in [1.165, 1.54) is 12.1 Å². The summed E-state index contributed by atoms with van der Waals surface area (Å²) in [7, 11) is -3.77. The highest BCUT2D eigenvalue weighted by molar-refractivity contribution is 7.86. The Hall–Kier alpha value is -2.92. The maximum atomic E-state index is 12.4. The number of benzene rings is 3. The van der Waals surface area contributed by atoms with E-state index < -0.39 is 10.1 Å². The first kappa shape index (κ1) is 17.9. The maximum absolute atomic E-state index is 12.4. The summed E-state index contributed by atoms with van der Waals surface area (Å²) >= 11 is 0. The second-order valence-electron chi connectivity index (χ2n) is 5.99. The summed E-state index contributed by atoms with van der Waals surface area (Å²) in [6.45, 7) is 1.90. The lowest BCUT2D eigenvalue weighted by Gasteiger charge is -2.08. The van der Waals surface area contributed by atoms with E-state index in [1.54, 1.807) is 42.5 Å². The fourth-order valence-electron chi connectivity index (χ4n) is 2.60. The Kier molecular flexibility index (Phi) is 5.19. The molecule has 0 bridgehead atoms. The average Bonchev–Trinajstić information content (AvgIpc) is 2.62. The topological polar surface area (TPSA) is 60.4 Å². The molecule has 3 rings (SSSR count). The van der Waals surface area contributed by atoms with Gasteiger partial charge in [-0.05, 0) is 36.8 Å². The summed E-state index contributed by atoms with van der Waals surface area (Å²) in [6, 6.07) is 22.3. The lowest BCUT2D eigenvalue weighted by Crippen LogP contribution is -2.12. The molecule has 0 unspecified atom stereocenters. The summed E-state index contributed by atoms with van der Waals surface area (Å²) in [5.74, 6) is -0.152. The molecule has 0 saturated heterocycles. The minimum Gasteiger partial charge on any atom is -0.382 e. The second kappa shape index (κ2) is 7.54. The van der Waals surface area contributed by atoms with Crippen LogP contribution in [0.15, 0.2) is 78.9 Å². The lowest BCUT2D eigenvalue weighted by molar-refractivity contribution is 0.103. The fourth-order valence-corrected chi connectivity index (χ4v) is 3.65. The average molecular weight is 366 g/mol. The van der Waals surface area contributed by atoms with Crippen molar-refractivity contribution in [3.63, 3.8) is 0 Å². The van der Waals surface area contributed by atoms with Crippen LogP contribution < -0.4 is 4.18 Å². The van der Waals surface area contributed by atoms with Crippen LogP contribution >= 0.6 is 0 Å². The highest BCUT2D eigenvalue weighted by atomic mass is 32.2. The molecule has 0 atom stereocenters. The molecule has 0 saturated carbocycles. The van der Waals surface area contributed by atoms with Crippen LogP contribution in [0.4, 0.5) is 0 Å². The zero-order valence-electron chi connectivity index (χ0n) is 14.3. The molecule has 0 heterocycles. The molecule has 0 radical (unpaired) electrons. The van der Waals surface area contributed by atoms with Crippen LogP contribution in [0.5, 0.6) is 5.75 Å². The number of aryl methyl sites for hydroxylation is 1. The van der Waals surface area contributed by atoms with E-state index >= 15 is 0 Å². The number of ketones is 1. The highest BCUT2D eigenvalue weighted by Gasteiger charge is 2.15. The van der Waals surface area contributed by atoms with Crippen molar-refractivity contribution in [1.82, 2.24) is 0 Å². The number of rotatable bonds is 6. The molecule has 0 aliphatic heterocycles. The molecule has 0 aliphatic carbocycles. The first-order chi connectivity index (χ1) is 12.4. The van der Waals surface area contributed by atoms with Crippen LogP contribution in [-0.2, 0) is 15.9 Å². The van der Waals surface area contributed by atoms with Crippen molar-refractivity contribution in [3.05, 3.63) is 101 Å². The first-order valence-corrected chi connectivity index (χ1v) is 9.68. The van der Waals surface area contributed by atoms with Gasteiger partial charge in [0.2, 0.25) is 0 Å². The summed E-state index contributed by atoms with van der Waals surface area (Å²) in [4.78, 5) is 12.4. The zero-order valence-corrected chi connectivity index (χ0v) is 15.1. The largest absolute Gasteiger partial charge is 0.382 e. The minimum absolute atomic E-state index is 0.125. The Morgan fingerprint density at radius 2 is 1.50 bits per heavy atom. The standard InChI is InChI=1S/C21H18O4S/c1-16-6-5-7-17(14-16)15-26(23,24)25-20-12-10-19(11-13-20)21(22)18-8-3-2-4-9-18/h2-14H,15H2,1H3. The van der Waals surface area contributed by atoms with Gasteiger partial charge in [-0.3, -0.25) is 4.79 Å². The van der Waals surface area contributed by atoms with E-state index in [0.29, 0.717) is 16.7 Å². The molecule has 3 aromatic rings. The van der Waals surface area contributed by atoms with Gasteiger partial charge in [-0.2, -0.15) is 8.42 Å². The van der Waals surface area contributed by atoms with Crippen molar-refractivity contribution in [3.8, 4) is 5.75 Å². The van der Waals surface area contributed by atoms with E-state index in [1.807, 2.05) is 31.2 Å². The van der Waals surface area contributed by atoms with Gasteiger partial charge in [0, 0.05) is 11.1 Å². The SMILES string of the molecule is Cc1cccc(CS(=O)(=O)Oc2ccc(C(=O)c3ccccc3)cc2)c1. The lowest BCUT2D eigenvalue weighted by atomic mass is 10.0.